The van der Waals surface area contributed by atoms with E-state index < -0.39 is 0 Å². The van der Waals surface area contributed by atoms with Gasteiger partial charge < -0.3 is 15.4 Å². The predicted molar refractivity (Wildman–Crippen MR) is 70.9 cm³/mol. The lowest BCUT2D eigenvalue weighted by atomic mass is 10.1. The minimum absolute atomic E-state index is 0.0476. The van der Waals surface area contributed by atoms with Gasteiger partial charge in [0.15, 0.2) is 5.78 Å². The molecule has 2 rings (SSSR count). The van der Waals surface area contributed by atoms with Crippen molar-refractivity contribution >= 4 is 27.8 Å². The van der Waals surface area contributed by atoms with Crippen LogP contribution in [-0.4, -0.2) is 32.6 Å². The van der Waals surface area contributed by atoms with Crippen molar-refractivity contribution in [2.45, 2.75) is 13.3 Å². The first-order chi connectivity index (χ1) is 8.11. The Morgan fingerprint density at radius 3 is 3.06 bits per heavy atom. The molecule has 17 heavy (non-hydrogen) atoms. The Balaban J connectivity index is 2.09. The van der Waals surface area contributed by atoms with Crippen molar-refractivity contribution in [3.05, 3.63) is 10.9 Å². The quantitative estimate of drug-likeness (QED) is 0.835. The molecule has 1 atom stereocenters. The molecule has 0 aliphatic carbocycles. The third-order valence-electron chi connectivity index (χ3n) is 3.07. The van der Waals surface area contributed by atoms with E-state index in [1.807, 2.05) is 6.07 Å². The summed E-state index contributed by atoms with van der Waals surface area (Å²) in [6, 6.07) is 1.91. The van der Waals surface area contributed by atoms with Gasteiger partial charge in [-0.25, -0.2) is 0 Å². The average molecular weight is 254 g/mol. The molecule has 94 valence electrons. The molecule has 2 N–H and O–H groups in total. The summed E-state index contributed by atoms with van der Waals surface area (Å²) in [4.78, 5) is 14.3. The van der Waals surface area contributed by atoms with Gasteiger partial charge in [-0.3, -0.25) is 4.79 Å². The van der Waals surface area contributed by atoms with Gasteiger partial charge in [-0.1, -0.05) is 0 Å². The molecule has 1 aromatic heterocycles. The highest BCUT2D eigenvalue weighted by Gasteiger charge is 2.24. The van der Waals surface area contributed by atoms with Crippen molar-refractivity contribution < 1.29 is 9.53 Å². The fourth-order valence-corrected chi connectivity index (χ4v) is 3.24. The summed E-state index contributed by atoms with van der Waals surface area (Å²) in [5, 5.41) is 1.10. The Labute approximate surface area is 105 Å². The maximum Gasteiger partial charge on any atom is 0.171 e. The van der Waals surface area contributed by atoms with Crippen LogP contribution in [0.4, 0.5) is 10.7 Å². The van der Waals surface area contributed by atoms with Crippen LogP contribution in [0.15, 0.2) is 6.07 Å². The monoisotopic (exact) mass is 254 g/mol. The molecule has 0 bridgehead atoms. The van der Waals surface area contributed by atoms with Gasteiger partial charge in [0.05, 0.1) is 22.2 Å². The summed E-state index contributed by atoms with van der Waals surface area (Å²) in [5.41, 5.74) is 6.45. The largest absolute Gasteiger partial charge is 0.397 e. The van der Waals surface area contributed by atoms with Crippen LogP contribution in [0.3, 0.4) is 0 Å². The Kier molecular flexibility index (Phi) is 3.69. The molecule has 1 fully saturated rings. The smallest absolute Gasteiger partial charge is 0.171 e. The zero-order chi connectivity index (χ0) is 12.4. The van der Waals surface area contributed by atoms with Crippen LogP contribution in [0.5, 0.6) is 0 Å². The van der Waals surface area contributed by atoms with E-state index in [1.54, 1.807) is 14.0 Å². The molecule has 2 heterocycles. The molecule has 1 saturated heterocycles. The van der Waals surface area contributed by atoms with E-state index >= 15 is 0 Å². The van der Waals surface area contributed by atoms with E-state index in [9.17, 15) is 4.79 Å². The van der Waals surface area contributed by atoms with Crippen LogP contribution in [0.2, 0.25) is 0 Å². The Morgan fingerprint density at radius 2 is 2.47 bits per heavy atom. The second-order valence-corrected chi connectivity index (χ2v) is 5.51. The van der Waals surface area contributed by atoms with Crippen LogP contribution in [0.25, 0.3) is 0 Å². The second-order valence-electron chi connectivity index (χ2n) is 4.48. The molecule has 0 aromatic carbocycles. The number of hydrogen-bond donors (Lipinski definition) is 1. The van der Waals surface area contributed by atoms with Gasteiger partial charge in [0, 0.05) is 33.0 Å². The highest BCUT2D eigenvalue weighted by Crippen LogP contribution is 2.35. The molecule has 4 nitrogen and oxygen atoms in total. The number of hydrogen-bond acceptors (Lipinski definition) is 5. The molecule has 0 spiro atoms. The number of methoxy groups -OCH3 is 1. The average Bonchev–Trinajstić information content (AvgIpc) is 2.85. The van der Waals surface area contributed by atoms with Gasteiger partial charge in [-0.15, -0.1) is 11.3 Å². The predicted octanol–water partition coefficient (Wildman–Crippen LogP) is 2.01. The molecular weight excluding hydrogens is 236 g/mol. The number of Topliss-reactive ketones (excluding diaryl/α,β-unsaturated/α-hetero) is 1. The van der Waals surface area contributed by atoms with Gasteiger partial charge in [-0.2, -0.15) is 0 Å². The number of ether oxygens (including phenoxy) is 1. The number of nitrogens with two attached hydrogens (primary N) is 1. The van der Waals surface area contributed by atoms with Gasteiger partial charge in [0.2, 0.25) is 0 Å². The first-order valence-electron chi connectivity index (χ1n) is 5.76. The summed E-state index contributed by atoms with van der Waals surface area (Å²) in [6.45, 7) is 4.37. The fourth-order valence-electron chi connectivity index (χ4n) is 2.23. The number of ketones is 1. The van der Waals surface area contributed by atoms with E-state index in [-0.39, 0.29) is 5.78 Å². The van der Waals surface area contributed by atoms with Crippen LogP contribution in [0, 0.1) is 5.92 Å². The molecule has 1 unspecified atom stereocenters. The number of anilines is 2. The SMILES string of the molecule is COCC1CCN(c2cc(N)c(C(C)=O)s2)C1. The maximum atomic E-state index is 11.4. The Hall–Kier alpha value is -1.07. The number of carbonyl (C=O) groups is 1. The Bertz CT molecular complexity index is 417. The summed E-state index contributed by atoms with van der Waals surface area (Å²) in [5.74, 6) is 0.635. The Morgan fingerprint density at radius 1 is 1.71 bits per heavy atom. The van der Waals surface area contributed by atoms with E-state index in [4.69, 9.17) is 10.5 Å². The first kappa shape index (κ1) is 12.4. The lowest BCUT2D eigenvalue weighted by molar-refractivity contribution is 0.102. The summed E-state index contributed by atoms with van der Waals surface area (Å²) < 4.78 is 5.18. The fraction of sp³-hybridized carbons (Fsp3) is 0.583. The topological polar surface area (TPSA) is 55.6 Å². The minimum Gasteiger partial charge on any atom is -0.397 e. The van der Waals surface area contributed by atoms with E-state index in [2.05, 4.69) is 4.90 Å². The lowest BCUT2D eigenvalue weighted by Gasteiger charge is -2.15. The minimum atomic E-state index is 0.0476. The first-order valence-corrected chi connectivity index (χ1v) is 6.57. The number of nitrogen functional groups attached to an aromatic ring is 1. The second kappa shape index (κ2) is 5.06. The number of nitrogens with zero attached hydrogens (tertiary/aromatic N) is 1. The standard InChI is InChI=1S/C12H18N2O2S/c1-8(15)12-10(13)5-11(17-12)14-4-3-9(6-14)7-16-2/h5,9H,3-4,6-7,13H2,1-2H3. The van der Waals surface area contributed by atoms with Crippen molar-refractivity contribution in [2.24, 2.45) is 5.92 Å². The van der Waals surface area contributed by atoms with Gasteiger partial charge in [0.25, 0.3) is 0 Å². The van der Waals surface area contributed by atoms with Crippen LogP contribution in [-0.2, 0) is 4.74 Å². The van der Waals surface area contributed by atoms with Crippen molar-refractivity contribution in [2.75, 3.05) is 37.4 Å². The summed E-state index contributed by atoms with van der Waals surface area (Å²) in [6.07, 6.45) is 1.14. The zero-order valence-corrected chi connectivity index (χ0v) is 11.0. The van der Waals surface area contributed by atoms with Crippen molar-refractivity contribution in [3.8, 4) is 0 Å². The van der Waals surface area contributed by atoms with E-state index in [0.29, 0.717) is 16.5 Å². The van der Waals surface area contributed by atoms with Crippen molar-refractivity contribution in [1.29, 1.82) is 0 Å². The van der Waals surface area contributed by atoms with Gasteiger partial charge in [-0.05, 0) is 12.5 Å². The molecule has 0 radical (unpaired) electrons. The van der Waals surface area contributed by atoms with Gasteiger partial charge >= 0.3 is 0 Å². The summed E-state index contributed by atoms with van der Waals surface area (Å²) >= 11 is 1.50. The van der Waals surface area contributed by atoms with E-state index in [1.165, 1.54) is 11.3 Å². The molecule has 1 aliphatic rings. The highest BCUT2D eigenvalue weighted by molar-refractivity contribution is 7.18. The van der Waals surface area contributed by atoms with Crippen LogP contribution >= 0.6 is 11.3 Å². The molecule has 0 amide bonds. The number of thiophene rings is 1. The number of carbonyl (C=O) groups excluding carboxylic acids is 1. The zero-order valence-electron chi connectivity index (χ0n) is 10.2. The third kappa shape index (κ3) is 2.61. The lowest BCUT2D eigenvalue weighted by Crippen LogP contribution is -2.19. The number of rotatable bonds is 4. The van der Waals surface area contributed by atoms with Gasteiger partial charge in [0.1, 0.15) is 0 Å². The summed E-state index contributed by atoms with van der Waals surface area (Å²) in [7, 11) is 1.74. The van der Waals surface area contributed by atoms with E-state index in [0.717, 1.165) is 31.1 Å². The molecular formula is C12H18N2O2S. The van der Waals surface area contributed by atoms with Crippen molar-refractivity contribution in [1.82, 2.24) is 0 Å². The highest BCUT2D eigenvalue weighted by atomic mass is 32.1. The maximum absolute atomic E-state index is 11.4. The normalized spacial score (nSPS) is 19.9. The van der Waals surface area contributed by atoms with Crippen molar-refractivity contribution in [3.63, 3.8) is 0 Å². The molecule has 5 heteroatoms. The molecule has 0 saturated carbocycles. The molecule has 1 aromatic rings. The third-order valence-corrected chi connectivity index (χ3v) is 4.38. The van der Waals surface area contributed by atoms with Crippen LogP contribution in [0.1, 0.15) is 23.0 Å². The molecule has 1 aliphatic heterocycles. The van der Waals surface area contributed by atoms with Crippen LogP contribution < -0.4 is 10.6 Å².